The molecular formula is C13H17F2NO. The van der Waals surface area contributed by atoms with Gasteiger partial charge in [-0.15, -0.1) is 0 Å². The number of hydrogen-bond donors (Lipinski definition) is 0. The van der Waals surface area contributed by atoms with Gasteiger partial charge >= 0.3 is 0 Å². The number of carbonyl (C=O) groups is 1. The number of alkyl halides is 2. The fraction of sp³-hybridized carbons (Fsp3) is 0.462. The van der Waals surface area contributed by atoms with Gasteiger partial charge in [-0.1, -0.05) is 17.7 Å². The van der Waals surface area contributed by atoms with Gasteiger partial charge in [-0.25, -0.2) is 8.78 Å². The number of rotatable bonds is 5. The van der Waals surface area contributed by atoms with Crippen molar-refractivity contribution >= 4 is 5.78 Å². The third kappa shape index (κ3) is 4.23. The highest BCUT2D eigenvalue weighted by atomic mass is 19.3. The van der Waals surface area contributed by atoms with Crippen LogP contribution in [0, 0.1) is 13.8 Å². The number of benzene rings is 1. The highest BCUT2D eigenvalue weighted by Crippen LogP contribution is 2.12. The second-order valence-corrected chi connectivity index (χ2v) is 4.33. The predicted octanol–water partition coefficient (Wildman–Crippen LogP) is 2.68. The Labute approximate surface area is 100 Å². The molecule has 0 saturated heterocycles. The normalized spacial score (nSPS) is 11.2. The van der Waals surface area contributed by atoms with E-state index in [2.05, 4.69) is 0 Å². The lowest BCUT2D eigenvalue weighted by Gasteiger charge is -2.15. The molecule has 1 aromatic carbocycles. The molecule has 0 radical (unpaired) electrons. The van der Waals surface area contributed by atoms with Gasteiger partial charge in [-0.05, 0) is 32.5 Å². The van der Waals surface area contributed by atoms with Crippen molar-refractivity contribution in [3.8, 4) is 0 Å². The van der Waals surface area contributed by atoms with E-state index in [1.54, 1.807) is 6.07 Å². The van der Waals surface area contributed by atoms with Crippen molar-refractivity contribution in [2.75, 3.05) is 20.1 Å². The molecule has 0 N–H and O–H groups in total. The number of likely N-dealkylation sites (N-methyl/N-ethyl adjacent to an activating group) is 1. The summed E-state index contributed by atoms with van der Waals surface area (Å²) in [6, 6.07) is 5.60. The van der Waals surface area contributed by atoms with Gasteiger partial charge in [-0.3, -0.25) is 9.69 Å². The van der Waals surface area contributed by atoms with Crippen LogP contribution in [0.1, 0.15) is 21.5 Å². The molecular weight excluding hydrogens is 224 g/mol. The molecule has 0 unspecified atom stereocenters. The molecule has 1 rings (SSSR count). The van der Waals surface area contributed by atoms with Crippen molar-refractivity contribution in [1.29, 1.82) is 0 Å². The second kappa shape index (κ2) is 5.87. The van der Waals surface area contributed by atoms with Crippen LogP contribution in [0.2, 0.25) is 0 Å². The predicted molar refractivity (Wildman–Crippen MR) is 63.7 cm³/mol. The molecule has 94 valence electrons. The Bertz CT molecular complexity index is 404. The Balaban J connectivity index is 2.73. The molecule has 0 saturated carbocycles. The molecule has 0 atom stereocenters. The molecule has 0 bridgehead atoms. The zero-order valence-corrected chi connectivity index (χ0v) is 10.3. The largest absolute Gasteiger partial charge is 0.293 e. The first-order valence-corrected chi connectivity index (χ1v) is 5.47. The minimum Gasteiger partial charge on any atom is -0.293 e. The van der Waals surface area contributed by atoms with Crippen LogP contribution >= 0.6 is 0 Å². The molecule has 0 heterocycles. The SMILES string of the molecule is Cc1ccc(C)c(C(=O)CN(C)CC(F)F)c1. The summed E-state index contributed by atoms with van der Waals surface area (Å²) >= 11 is 0. The molecule has 0 aliphatic carbocycles. The highest BCUT2D eigenvalue weighted by Gasteiger charge is 2.14. The molecule has 0 amide bonds. The Kier molecular flexibility index (Phi) is 4.75. The van der Waals surface area contributed by atoms with Crippen molar-refractivity contribution in [2.45, 2.75) is 20.3 Å². The first-order chi connectivity index (χ1) is 7.90. The van der Waals surface area contributed by atoms with Gasteiger partial charge in [0.15, 0.2) is 5.78 Å². The average molecular weight is 241 g/mol. The molecule has 0 fully saturated rings. The number of carbonyl (C=O) groups excluding carboxylic acids is 1. The van der Waals surface area contributed by atoms with Crippen molar-refractivity contribution < 1.29 is 13.6 Å². The molecule has 1 aromatic rings. The van der Waals surface area contributed by atoms with E-state index >= 15 is 0 Å². The van der Waals surface area contributed by atoms with Crippen LogP contribution in [0.4, 0.5) is 8.78 Å². The van der Waals surface area contributed by atoms with Gasteiger partial charge in [0.2, 0.25) is 0 Å². The summed E-state index contributed by atoms with van der Waals surface area (Å²) in [7, 11) is 1.52. The van der Waals surface area contributed by atoms with Crippen LogP contribution in [-0.2, 0) is 0 Å². The summed E-state index contributed by atoms with van der Waals surface area (Å²) in [5.41, 5.74) is 2.49. The Morgan fingerprint density at radius 2 is 2.00 bits per heavy atom. The molecule has 0 aliphatic heterocycles. The van der Waals surface area contributed by atoms with Crippen LogP contribution in [0.25, 0.3) is 0 Å². The number of halogens is 2. The van der Waals surface area contributed by atoms with Crippen LogP contribution in [0.3, 0.4) is 0 Å². The summed E-state index contributed by atoms with van der Waals surface area (Å²) in [4.78, 5) is 13.3. The van der Waals surface area contributed by atoms with Crippen LogP contribution < -0.4 is 0 Å². The summed E-state index contributed by atoms with van der Waals surface area (Å²) in [6.45, 7) is 3.39. The standard InChI is InChI=1S/C13H17F2NO/c1-9-4-5-10(2)11(6-9)12(17)7-16(3)8-13(14)15/h4-6,13H,7-8H2,1-3H3. The Hall–Kier alpha value is -1.29. The maximum atomic E-state index is 12.1. The maximum absolute atomic E-state index is 12.1. The quantitative estimate of drug-likeness (QED) is 0.739. The van der Waals surface area contributed by atoms with E-state index in [1.807, 2.05) is 26.0 Å². The van der Waals surface area contributed by atoms with E-state index in [0.29, 0.717) is 5.56 Å². The summed E-state index contributed by atoms with van der Waals surface area (Å²) in [5.74, 6) is -0.116. The lowest BCUT2D eigenvalue weighted by molar-refractivity contribution is 0.0819. The first kappa shape index (κ1) is 13.8. The lowest BCUT2D eigenvalue weighted by atomic mass is 10.0. The van der Waals surface area contributed by atoms with Gasteiger partial charge in [0.05, 0.1) is 13.1 Å². The Morgan fingerprint density at radius 1 is 1.35 bits per heavy atom. The van der Waals surface area contributed by atoms with E-state index in [9.17, 15) is 13.6 Å². The molecule has 0 spiro atoms. The molecule has 2 nitrogen and oxygen atoms in total. The molecule has 4 heteroatoms. The fourth-order valence-electron chi connectivity index (χ4n) is 1.67. The van der Waals surface area contributed by atoms with Gasteiger partial charge in [-0.2, -0.15) is 0 Å². The number of hydrogen-bond acceptors (Lipinski definition) is 2. The summed E-state index contributed by atoms with van der Waals surface area (Å²) in [5, 5.41) is 0. The highest BCUT2D eigenvalue weighted by molar-refractivity contribution is 5.99. The van der Waals surface area contributed by atoms with Gasteiger partial charge in [0.25, 0.3) is 6.43 Å². The van der Waals surface area contributed by atoms with Gasteiger partial charge in [0.1, 0.15) is 0 Å². The van der Waals surface area contributed by atoms with Crippen molar-refractivity contribution in [3.63, 3.8) is 0 Å². The molecule has 17 heavy (non-hydrogen) atoms. The Morgan fingerprint density at radius 3 is 2.59 bits per heavy atom. The number of ketones is 1. The molecule has 0 aromatic heterocycles. The second-order valence-electron chi connectivity index (χ2n) is 4.33. The van der Waals surface area contributed by atoms with Crippen molar-refractivity contribution in [3.05, 3.63) is 34.9 Å². The zero-order chi connectivity index (χ0) is 13.0. The lowest BCUT2D eigenvalue weighted by Crippen LogP contribution is -2.30. The minimum atomic E-state index is -2.41. The molecule has 0 aliphatic rings. The number of Topliss-reactive ketones (excluding diaryl/α,β-unsaturated/α-hetero) is 1. The summed E-state index contributed by atoms with van der Waals surface area (Å²) < 4.78 is 24.3. The maximum Gasteiger partial charge on any atom is 0.251 e. The zero-order valence-electron chi connectivity index (χ0n) is 10.3. The van der Waals surface area contributed by atoms with E-state index in [0.717, 1.165) is 11.1 Å². The number of nitrogens with zero attached hydrogens (tertiary/aromatic N) is 1. The van der Waals surface area contributed by atoms with E-state index in [4.69, 9.17) is 0 Å². The van der Waals surface area contributed by atoms with Crippen molar-refractivity contribution in [1.82, 2.24) is 4.90 Å². The smallest absolute Gasteiger partial charge is 0.251 e. The number of aryl methyl sites for hydroxylation is 2. The van der Waals surface area contributed by atoms with Crippen LogP contribution in [0.15, 0.2) is 18.2 Å². The van der Waals surface area contributed by atoms with Crippen LogP contribution in [-0.4, -0.2) is 37.2 Å². The van der Waals surface area contributed by atoms with E-state index in [1.165, 1.54) is 11.9 Å². The van der Waals surface area contributed by atoms with Crippen LogP contribution in [0.5, 0.6) is 0 Å². The first-order valence-electron chi connectivity index (χ1n) is 5.47. The van der Waals surface area contributed by atoms with Crippen molar-refractivity contribution in [2.24, 2.45) is 0 Å². The third-order valence-electron chi connectivity index (χ3n) is 2.56. The average Bonchev–Trinajstić information content (AvgIpc) is 2.20. The van der Waals surface area contributed by atoms with E-state index in [-0.39, 0.29) is 18.9 Å². The monoisotopic (exact) mass is 241 g/mol. The fourth-order valence-corrected chi connectivity index (χ4v) is 1.67. The topological polar surface area (TPSA) is 20.3 Å². The third-order valence-corrected chi connectivity index (χ3v) is 2.56. The van der Waals surface area contributed by atoms with Gasteiger partial charge in [0, 0.05) is 5.56 Å². The van der Waals surface area contributed by atoms with Gasteiger partial charge < -0.3 is 0 Å². The van der Waals surface area contributed by atoms with E-state index < -0.39 is 6.43 Å². The minimum absolute atomic E-state index is 0.0225. The summed E-state index contributed by atoms with van der Waals surface area (Å²) in [6.07, 6.45) is -2.41.